The quantitative estimate of drug-likeness (QED) is 0.778. The molecule has 0 bridgehead atoms. The Morgan fingerprint density at radius 3 is 2.38 bits per heavy atom. The fourth-order valence-corrected chi connectivity index (χ4v) is 3.86. The van der Waals surface area contributed by atoms with Crippen LogP contribution in [0.25, 0.3) is 0 Å². The molecule has 0 aromatic heterocycles. The number of hydrogen-bond donors (Lipinski definition) is 1. The van der Waals surface area contributed by atoms with Crippen LogP contribution in [0.1, 0.15) is 40.4 Å². The van der Waals surface area contributed by atoms with Gasteiger partial charge in [-0.2, -0.15) is 0 Å². The summed E-state index contributed by atoms with van der Waals surface area (Å²) in [5.74, 6) is 0.404. The van der Waals surface area contributed by atoms with Crippen molar-refractivity contribution in [3.63, 3.8) is 0 Å². The van der Waals surface area contributed by atoms with Crippen molar-refractivity contribution in [1.82, 2.24) is 9.80 Å². The minimum Gasteiger partial charge on any atom is -0.483 e. The second-order valence-corrected chi connectivity index (χ2v) is 8.23. The van der Waals surface area contributed by atoms with Crippen molar-refractivity contribution < 1.29 is 19.1 Å². The maximum absolute atomic E-state index is 13.0. The molecular formula is C25H31N3O4. The second kappa shape index (κ2) is 10.3. The Hall–Kier alpha value is -3.35. The van der Waals surface area contributed by atoms with Crippen molar-refractivity contribution in [3.8, 4) is 5.75 Å². The summed E-state index contributed by atoms with van der Waals surface area (Å²) in [6.07, 6.45) is 0.700. The fraction of sp³-hybridized carbons (Fsp3) is 0.400. The monoisotopic (exact) mass is 437 g/mol. The molecule has 32 heavy (non-hydrogen) atoms. The summed E-state index contributed by atoms with van der Waals surface area (Å²) in [7, 11) is 0. The lowest BCUT2D eigenvalue weighted by Gasteiger charge is -2.23. The van der Waals surface area contributed by atoms with Gasteiger partial charge in [-0.1, -0.05) is 18.2 Å². The number of nitrogens with zero attached hydrogens (tertiary/aromatic N) is 2. The lowest BCUT2D eigenvalue weighted by Crippen LogP contribution is -2.39. The van der Waals surface area contributed by atoms with Gasteiger partial charge in [-0.05, 0) is 62.1 Å². The number of nitrogens with one attached hydrogen (secondary N) is 1. The second-order valence-electron chi connectivity index (χ2n) is 8.23. The highest BCUT2D eigenvalue weighted by atomic mass is 16.5. The van der Waals surface area contributed by atoms with Gasteiger partial charge in [0.15, 0.2) is 6.61 Å². The number of anilines is 1. The van der Waals surface area contributed by atoms with Gasteiger partial charge in [-0.15, -0.1) is 0 Å². The van der Waals surface area contributed by atoms with Gasteiger partial charge in [0.1, 0.15) is 5.75 Å². The summed E-state index contributed by atoms with van der Waals surface area (Å²) in [5, 5.41) is 2.70. The predicted octanol–water partition coefficient (Wildman–Crippen LogP) is 3.32. The molecule has 7 heteroatoms. The van der Waals surface area contributed by atoms with Gasteiger partial charge >= 0.3 is 0 Å². The summed E-state index contributed by atoms with van der Waals surface area (Å²) in [6, 6.07) is 11.0. The Kier molecular flexibility index (Phi) is 7.51. The van der Waals surface area contributed by atoms with Crippen molar-refractivity contribution >= 4 is 23.4 Å². The Morgan fingerprint density at radius 1 is 0.938 bits per heavy atom. The molecule has 1 aliphatic rings. The lowest BCUT2D eigenvalue weighted by molar-refractivity contribution is -0.133. The van der Waals surface area contributed by atoms with Gasteiger partial charge in [0, 0.05) is 44.4 Å². The number of rotatable bonds is 5. The fourth-order valence-electron chi connectivity index (χ4n) is 3.86. The third-order valence-electron chi connectivity index (χ3n) is 5.78. The van der Waals surface area contributed by atoms with E-state index < -0.39 is 0 Å². The van der Waals surface area contributed by atoms with Gasteiger partial charge in [0.05, 0.1) is 0 Å². The molecule has 1 heterocycles. The van der Waals surface area contributed by atoms with E-state index in [1.54, 1.807) is 34.1 Å². The van der Waals surface area contributed by atoms with E-state index in [1.165, 1.54) is 6.92 Å². The van der Waals surface area contributed by atoms with Crippen LogP contribution >= 0.6 is 0 Å². The average molecular weight is 438 g/mol. The zero-order chi connectivity index (χ0) is 23.3. The van der Waals surface area contributed by atoms with Gasteiger partial charge in [0.2, 0.25) is 5.91 Å². The van der Waals surface area contributed by atoms with E-state index in [0.717, 1.165) is 22.4 Å². The van der Waals surface area contributed by atoms with Crippen LogP contribution in [0.3, 0.4) is 0 Å². The van der Waals surface area contributed by atoms with Crippen LogP contribution in [0.5, 0.6) is 5.75 Å². The third kappa shape index (κ3) is 5.66. The van der Waals surface area contributed by atoms with E-state index in [4.69, 9.17) is 4.74 Å². The van der Waals surface area contributed by atoms with Crippen LogP contribution < -0.4 is 10.1 Å². The first-order valence-corrected chi connectivity index (χ1v) is 10.9. The average Bonchev–Trinajstić information content (AvgIpc) is 3.02. The first-order valence-electron chi connectivity index (χ1n) is 10.9. The van der Waals surface area contributed by atoms with Crippen LogP contribution in [0.15, 0.2) is 36.4 Å². The van der Waals surface area contributed by atoms with Crippen LogP contribution in [-0.4, -0.2) is 60.3 Å². The number of hydrogen-bond acceptors (Lipinski definition) is 4. The maximum atomic E-state index is 13.0. The summed E-state index contributed by atoms with van der Waals surface area (Å²) in [5.41, 5.74) is 4.30. The van der Waals surface area contributed by atoms with E-state index >= 15 is 0 Å². The van der Waals surface area contributed by atoms with Gasteiger partial charge in [-0.3, -0.25) is 14.4 Å². The summed E-state index contributed by atoms with van der Waals surface area (Å²) in [6.45, 7) is 9.49. The molecule has 0 saturated carbocycles. The van der Waals surface area contributed by atoms with Gasteiger partial charge in [0.25, 0.3) is 11.8 Å². The summed E-state index contributed by atoms with van der Waals surface area (Å²) < 4.78 is 5.89. The van der Waals surface area contributed by atoms with Crippen molar-refractivity contribution in [2.24, 2.45) is 0 Å². The normalized spacial score (nSPS) is 14.0. The molecule has 1 fully saturated rings. The summed E-state index contributed by atoms with van der Waals surface area (Å²) >= 11 is 0. The highest BCUT2D eigenvalue weighted by molar-refractivity contribution is 5.96. The molecule has 1 saturated heterocycles. The molecule has 7 nitrogen and oxygen atoms in total. The van der Waals surface area contributed by atoms with Crippen molar-refractivity contribution in [2.75, 3.05) is 38.1 Å². The first-order chi connectivity index (χ1) is 15.3. The lowest BCUT2D eigenvalue weighted by atomic mass is 10.1. The van der Waals surface area contributed by atoms with Crippen molar-refractivity contribution in [1.29, 1.82) is 0 Å². The van der Waals surface area contributed by atoms with Crippen LogP contribution in [0.4, 0.5) is 5.69 Å². The highest BCUT2D eigenvalue weighted by Crippen LogP contribution is 2.25. The van der Waals surface area contributed by atoms with Crippen LogP contribution in [0, 0.1) is 20.8 Å². The van der Waals surface area contributed by atoms with Crippen LogP contribution in [-0.2, 0) is 9.59 Å². The zero-order valence-corrected chi connectivity index (χ0v) is 19.2. The van der Waals surface area contributed by atoms with Crippen molar-refractivity contribution in [2.45, 2.75) is 34.1 Å². The van der Waals surface area contributed by atoms with E-state index in [1.807, 2.05) is 32.9 Å². The molecule has 2 aromatic rings. The molecule has 0 atom stereocenters. The molecule has 1 aliphatic heterocycles. The smallest absolute Gasteiger partial charge is 0.260 e. The van der Waals surface area contributed by atoms with Gasteiger partial charge < -0.3 is 19.9 Å². The van der Waals surface area contributed by atoms with Crippen molar-refractivity contribution in [3.05, 3.63) is 58.7 Å². The van der Waals surface area contributed by atoms with Crippen LogP contribution in [0.2, 0.25) is 0 Å². The molecule has 3 rings (SSSR count). The number of carbonyl (C=O) groups is 3. The molecule has 2 aromatic carbocycles. The molecule has 0 aliphatic carbocycles. The van der Waals surface area contributed by atoms with E-state index in [0.29, 0.717) is 43.9 Å². The first kappa shape index (κ1) is 23.3. The number of carbonyl (C=O) groups excluding carboxylic acids is 3. The number of ether oxygens (including phenoxy) is 1. The zero-order valence-electron chi connectivity index (χ0n) is 19.2. The maximum Gasteiger partial charge on any atom is 0.260 e. The largest absolute Gasteiger partial charge is 0.483 e. The number of benzene rings is 2. The summed E-state index contributed by atoms with van der Waals surface area (Å²) in [4.78, 5) is 40.6. The number of amides is 3. The van der Waals surface area contributed by atoms with Gasteiger partial charge in [-0.25, -0.2) is 0 Å². The Bertz CT molecular complexity index is 1020. The highest BCUT2D eigenvalue weighted by Gasteiger charge is 2.23. The molecule has 0 unspecified atom stereocenters. The molecule has 1 N–H and O–H groups in total. The predicted molar refractivity (Wildman–Crippen MR) is 124 cm³/mol. The Labute approximate surface area is 189 Å². The molecule has 3 amide bonds. The van der Waals surface area contributed by atoms with E-state index in [9.17, 15) is 14.4 Å². The third-order valence-corrected chi connectivity index (χ3v) is 5.78. The molecule has 0 spiro atoms. The topological polar surface area (TPSA) is 79.0 Å². The van der Waals surface area contributed by atoms with E-state index in [2.05, 4.69) is 5.32 Å². The molecule has 0 radical (unpaired) electrons. The Morgan fingerprint density at radius 2 is 1.62 bits per heavy atom. The van der Waals surface area contributed by atoms with E-state index in [-0.39, 0.29) is 24.3 Å². The molecule has 170 valence electrons. The molecular weight excluding hydrogens is 406 g/mol. The Balaban J connectivity index is 1.59. The SMILES string of the molecule is CC(=O)Nc1cccc(C(=O)N2CCCN(C(=O)COc3c(C)ccc(C)c3C)CC2)c1. The minimum absolute atomic E-state index is 0.0160. The minimum atomic E-state index is -0.184. The standard InChI is InChI=1S/C25H31N3O4/c1-17-9-10-18(2)24(19(17)3)32-16-23(30)27-11-6-12-28(14-13-27)25(31)21-7-5-8-22(15-21)26-20(4)29/h5,7-10,15H,6,11-14,16H2,1-4H3,(H,26,29). The number of aryl methyl sites for hydroxylation is 2.